The maximum absolute atomic E-state index is 12.3. The molecule has 0 radical (unpaired) electrons. The fourth-order valence-corrected chi connectivity index (χ4v) is 2.98. The summed E-state index contributed by atoms with van der Waals surface area (Å²) in [6.07, 6.45) is 6.20. The van der Waals surface area contributed by atoms with E-state index in [0.717, 1.165) is 23.4 Å². The van der Waals surface area contributed by atoms with E-state index in [9.17, 15) is 4.79 Å². The lowest BCUT2D eigenvalue weighted by molar-refractivity contribution is 0.104. The van der Waals surface area contributed by atoms with Crippen molar-refractivity contribution in [1.29, 1.82) is 0 Å². The third-order valence-corrected chi connectivity index (χ3v) is 4.22. The second-order valence-electron chi connectivity index (χ2n) is 5.78. The highest BCUT2D eigenvalue weighted by Gasteiger charge is 2.13. The van der Waals surface area contributed by atoms with Gasteiger partial charge in [0.05, 0.1) is 5.69 Å². The van der Waals surface area contributed by atoms with Crippen molar-refractivity contribution in [1.82, 2.24) is 4.57 Å². The van der Waals surface area contributed by atoms with Gasteiger partial charge in [-0.2, -0.15) is 0 Å². The average Bonchev–Trinajstić information content (AvgIpc) is 3.05. The second-order valence-corrected chi connectivity index (χ2v) is 5.78. The molecule has 0 aliphatic rings. The summed E-state index contributed by atoms with van der Waals surface area (Å²) in [7, 11) is 0. The van der Waals surface area contributed by atoms with E-state index in [-0.39, 0.29) is 5.78 Å². The fourth-order valence-electron chi connectivity index (χ4n) is 2.98. The van der Waals surface area contributed by atoms with Gasteiger partial charge in [-0.25, -0.2) is 0 Å². The molecule has 0 saturated heterocycles. The van der Waals surface area contributed by atoms with E-state index >= 15 is 0 Å². The van der Waals surface area contributed by atoms with Crippen LogP contribution in [0.1, 0.15) is 28.5 Å². The Hall–Kier alpha value is -3.13. The molecule has 0 atom stereocenters. The molecule has 0 aliphatic heterocycles. The molecule has 0 unspecified atom stereocenters. The lowest BCUT2D eigenvalue weighted by Crippen LogP contribution is -1.96. The Morgan fingerprint density at radius 1 is 1.04 bits per heavy atom. The molecule has 0 N–H and O–H groups in total. The Morgan fingerprint density at radius 2 is 1.68 bits per heavy atom. The number of aryl methyl sites for hydroxylation is 1. The van der Waals surface area contributed by atoms with Crippen LogP contribution in [0.15, 0.2) is 79.4 Å². The minimum atomic E-state index is -0.00304. The molecule has 0 fully saturated rings. The van der Waals surface area contributed by atoms with Crippen LogP contribution in [0.4, 0.5) is 0 Å². The molecule has 1 heterocycles. The van der Waals surface area contributed by atoms with Gasteiger partial charge in [-0.05, 0) is 35.8 Å². The van der Waals surface area contributed by atoms with Crippen molar-refractivity contribution in [2.45, 2.75) is 13.3 Å². The van der Waals surface area contributed by atoms with E-state index < -0.39 is 0 Å². The van der Waals surface area contributed by atoms with Gasteiger partial charge in [0.15, 0.2) is 5.78 Å². The molecule has 2 heteroatoms. The van der Waals surface area contributed by atoms with E-state index in [2.05, 4.69) is 31.7 Å². The summed E-state index contributed by atoms with van der Waals surface area (Å²) in [5.74, 6) is -0.00304. The van der Waals surface area contributed by atoms with Crippen LogP contribution >= 0.6 is 0 Å². The monoisotopic (exact) mass is 327 g/mol. The van der Waals surface area contributed by atoms with Crippen LogP contribution < -0.4 is 0 Å². The van der Waals surface area contributed by atoms with Crippen LogP contribution in [0.25, 0.3) is 23.5 Å². The predicted octanol–water partition coefficient (Wildman–Crippen LogP) is 5.71. The Balaban J connectivity index is 2.00. The molecule has 0 bridgehead atoms. The minimum absolute atomic E-state index is 0.00304. The summed E-state index contributed by atoms with van der Waals surface area (Å²) in [6, 6.07) is 21.7. The van der Waals surface area contributed by atoms with Crippen LogP contribution in [0.3, 0.4) is 0 Å². The number of hydrogen-bond donors (Lipinski definition) is 0. The lowest BCUT2D eigenvalue weighted by Gasteiger charge is -2.08. The normalized spacial score (nSPS) is 10.9. The summed E-state index contributed by atoms with van der Waals surface area (Å²) >= 11 is 0. The number of aromatic nitrogens is 1. The van der Waals surface area contributed by atoms with E-state index in [0.29, 0.717) is 5.56 Å². The van der Waals surface area contributed by atoms with Crippen molar-refractivity contribution in [2.75, 3.05) is 0 Å². The molecule has 3 aromatic rings. The average molecular weight is 327 g/mol. The van der Waals surface area contributed by atoms with Crippen molar-refractivity contribution < 1.29 is 4.79 Å². The summed E-state index contributed by atoms with van der Waals surface area (Å²) in [5, 5.41) is 0. The third-order valence-electron chi connectivity index (χ3n) is 4.22. The molecule has 2 aromatic carbocycles. The highest BCUT2D eigenvalue weighted by atomic mass is 16.1. The molecule has 0 spiro atoms. The summed E-state index contributed by atoms with van der Waals surface area (Å²) < 4.78 is 2.04. The highest BCUT2D eigenvalue weighted by molar-refractivity contribution is 6.06. The van der Waals surface area contributed by atoms with Gasteiger partial charge in [-0.15, -0.1) is 0 Å². The zero-order chi connectivity index (χ0) is 17.6. The van der Waals surface area contributed by atoms with Crippen LogP contribution in [0, 0.1) is 0 Å². The first-order chi connectivity index (χ1) is 12.2. The zero-order valence-electron chi connectivity index (χ0n) is 14.4. The molecule has 25 heavy (non-hydrogen) atoms. The number of carbonyl (C=O) groups is 1. The first-order valence-electron chi connectivity index (χ1n) is 8.44. The summed E-state index contributed by atoms with van der Waals surface area (Å²) in [4.78, 5) is 12.3. The number of hydrogen-bond acceptors (Lipinski definition) is 1. The number of nitrogens with zero attached hydrogens (tertiary/aromatic N) is 1. The quantitative estimate of drug-likeness (QED) is 0.419. The molecule has 2 nitrogen and oxygen atoms in total. The van der Waals surface area contributed by atoms with E-state index in [4.69, 9.17) is 0 Å². The van der Waals surface area contributed by atoms with Gasteiger partial charge >= 0.3 is 0 Å². The number of allylic oxidation sites excluding steroid dienone is 1. The van der Waals surface area contributed by atoms with Gasteiger partial charge in [0.25, 0.3) is 0 Å². The Bertz CT molecular complexity index is 902. The molecule has 1 aromatic heterocycles. The van der Waals surface area contributed by atoms with Gasteiger partial charge in [0.1, 0.15) is 0 Å². The number of benzene rings is 2. The molecule has 0 aliphatic carbocycles. The largest absolute Gasteiger partial charge is 0.317 e. The van der Waals surface area contributed by atoms with Crippen molar-refractivity contribution in [2.24, 2.45) is 0 Å². The highest BCUT2D eigenvalue weighted by Crippen LogP contribution is 2.29. The topological polar surface area (TPSA) is 22.0 Å². The summed E-state index contributed by atoms with van der Waals surface area (Å²) in [6.45, 7) is 6.09. The predicted molar refractivity (Wildman–Crippen MR) is 105 cm³/mol. The smallest absolute Gasteiger partial charge is 0.185 e. The molecule has 124 valence electrons. The van der Waals surface area contributed by atoms with Gasteiger partial charge in [-0.3, -0.25) is 4.79 Å². The molecular formula is C23H21NO. The zero-order valence-corrected chi connectivity index (χ0v) is 14.4. The molecule has 3 rings (SSSR count). The Labute approximate surface area is 148 Å². The number of carbonyl (C=O) groups excluding carboxylic acids is 1. The minimum Gasteiger partial charge on any atom is -0.317 e. The van der Waals surface area contributed by atoms with E-state index in [1.807, 2.05) is 59.2 Å². The van der Waals surface area contributed by atoms with E-state index in [1.54, 1.807) is 12.3 Å². The van der Waals surface area contributed by atoms with Crippen LogP contribution in [-0.2, 0) is 6.42 Å². The molecule has 0 saturated carbocycles. The van der Waals surface area contributed by atoms with Gasteiger partial charge in [-0.1, -0.05) is 74.2 Å². The third kappa shape index (κ3) is 3.53. The van der Waals surface area contributed by atoms with Gasteiger partial charge in [0.2, 0.25) is 0 Å². The van der Waals surface area contributed by atoms with Crippen molar-refractivity contribution in [3.63, 3.8) is 0 Å². The Kier molecular flexibility index (Phi) is 5.10. The SMILES string of the molecule is C=Cn1c(/C=C/C(=O)c2ccccc2)cc(CC)c1-c1ccccc1. The second kappa shape index (κ2) is 7.63. The first kappa shape index (κ1) is 16.7. The number of rotatable bonds is 6. The van der Waals surface area contributed by atoms with Crippen molar-refractivity contribution >= 4 is 18.1 Å². The lowest BCUT2D eigenvalue weighted by atomic mass is 10.1. The van der Waals surface area contributed by atoms with E-state index in [1.165, 1.54) is 5.56 Å². The molecule has 0 amide bonds. The van der Waals surface area contributed by atoms with Gasteiger partial charge in [0, 0.05) is 17.5 Å². The first-order valence-corrected chi connectivity index (χ1v) is 8.44. The molecular weight excluding hydrogens is 306 g/mol. The summed E-state index contributed by atoms with van der Waals surface area (Å²) in [5.41, 5.74) is 5.15. The number of ketones is 1. The maximum atomic E-state index is 12.3. The van der Waals surface area contributed by atoms with Crippen LogP contribution in [0.2, 0.25) is 0 Å². The van der Waals surface area contributed by atoms with Crippen molar-refractivity contribution in [3.05, 3.63) is 96.2 Å². The fraction of sp³-hybridized carbons (Fsp3) is 0.0870. The van der Waals surface area contributed by atoms with Crippen LogP contribution in [0.5, 0.6) is 0 Å². The standard InChI is InChI=1S/C23H21NO/c1-3-18-17-21(15-16-22(25)19-11-7-5-8-12-19)24(4-2)23(18)20-13-9-6-10-14-20/h4-17H,2-3H2,1H3/b16-15+. The Morgan fingerprint density at radius 3 is 2.28 bits per heavy atom. The van der Waals surface area contributed by atoms with Crippen LogP contribution in [-0.4, -0.2) is 10.4 Å². The maximum Gasteiger partial charge on any atom is 0.185 e. The van der Waals surface area contributed by atoms with Gasteiger partial charge < -0.3 is 4.57 Å². The van der Waals surface area contributed by atoms with Crippen molar-refractivity contribution in [3.8, 4) is 11.3 Å².